The highest BCUT2D eigenvalue weighted by atomic mass is 32.2. The second kappa shape index (κ2) is 12.3. The molecule has 1 aromatic carbocycles. The Bertz CT molecular complexity index is 569. The molecule has 6 heteroatoms. The summed E-state index contributed by atoms with van der Waals surface area (Å²) >= 11 is 2.07. The number of thioether (sulfide) groups is 1. The summed E-state index contributed by atoms with van der Waals surface area (Å²) in [5.74, 6) is 2.22. The number of ether oxygens (including phenoxy) is 1. The van der Waals surface area contributed by atoms with Gasteiger partial charge in [0.25, 0.3) is 0 Å². The molecule has 0 bridgehead atoms. The van der Waals surface area contributed by atoms with Crippen molar-refractivity contribution in [2.75, 3.05) is 45.6 Å². The van der Waals surface area contributed by atoms with E-state index in [9.17, 15) is 0 Å². The van der Waals surface area contributed by atoms with Crippen LogP contribution in [0.2, 0.25) is 0 Å². The van der Waals surface area contributed by atoms with Gasteiger partial charge in [-0.05, 0) is 43.4 Å². The van der Waals surface area contributed by atoms with Gasteiger partial charge in [0.15, 0.2) is 5.96 Å². The Labute approximate surface area is 174 Å². The molecule has 5 nitrogen and oxygen atoms in total. The van der Waals surface area contributed by atoms with E-state index in [0.29, 0.717) is 6.10 Å². The molecule has 28 heavy (non-hydrogen) atoms. The van der Waals surface area contributed by atoms with Crippen LogP contribution in [0.25, 0.3) is 0 Å². The Balaban J connectivity index is 1.21. The van der Waals surface area contributed by atoms with Gasteiger partial charge in [0.05, 0.1) is 6.10 Å². The van der Waals surface area contributed by atoms with Crippen LogP contribution >= 0.6 is 11.8 Å². The van der Waals surface area contributed by atoms with Gasteiger partial charge < -0.3 is 15.4 Å². The highest BCUT2D eigenvalue weighted by molar-refractivity contribution is 8.00. The molecule has 0 amide bonds. The number of rotatable bonds is 9. The van der Waals surface area contributed by atoms with Crippen LogP contribution in [0.4, 0.5) is 0 Å². The van der Waals surface area contributed by atoms with Crippen molar-refractivity contribution in [2.45, 2.75) is 50.0 Å². The number of nitrogens with zero attached hydrogens (tertiary/aromatic N) is 2. The number of guanidine groups is 1. The fraction of sp³-hybridized carbons (Fsp3) is 0.682. The van der Waals surface area contributed by atoms with E-state index < -0.39 is 0 Å². The Hall–Kier alpha value is -1.24. The Morgan fingerprint density at radius 2 is 2.00 bits per heavy atom. The first-order chi connectivity index (χ1) is 13.8. The minimum absolute atomic E-state index is 0.420. The van der Waals surface area contributed by atoms with Crippen molar-refractivity contribution >= 4 is 17.7 Å². The summed E-state index contributed by atoms with van der Waals surface area (Å²) in [6.07, 6.45) is 6.40. The van der Waals surface area contributed by atoms with E-state index in [-0.39, 0.29) is 0 Å². The van der Waals surface area contributed by atoms with Crippen molar-refractivity contribution in [3.8, 4) is 0 Å². The van der Waals surface area contributed by atoms with Gasteiger partial charge in [0, 0.05) is 51.6 Å². The second-order valence-corrected chi connectivity index (χ2v) is 9.11. The van der Waals surface area contributed by atoms with Crippen LogP contribution in [-0.2, 0) is 11.3 Å². The molecule has 1 unspecified atom stereocenters. The number of aliphatic imine (C=N–C) groups is 1. The van der Waals surface area contributed by atoms with Crippen LogP contribution in [0.1, 0.15) is 37.7 Å². The minimum Gasteiger partial charge on any atom is -0.378 e. The zero-order valence-corrected chi connectivity index (χ0v) is 18.1. The lowest BCUT2D eigenvalue weighted by atomic mass is 10.1. The molecule has 1 atom stereocenters. The smallest absolute Gasteiger partial charge is 0.191 e. The maximum atomic E-state index is 6.11. The predicted molar refractivity (Wildman–Crippen MR) is 120 cm³/mol. The third kappa shape index (κ3) is 7.64. The summed E-state index contributed by atoms with van der Waals surface area (Å²) < 4.78 is 6.11. The molecule has 2 aliphatic heterocycles. The third-order valence-electron chi connectivity index (χ3n) is 5.50. The fourth-order valence-corrected chi connectivity index (χ4v) is 5.04. The molecule has 2 heterocycles. The molecule has 2 N–H and O–H groups in total. The van der Waals surface area contributed by atoms with Crippen molar-refractivity contribution < 1.29 is 4.74 Å². The highest BCUT2D eigenvalue weighted by Crippen LogP contribution is 2.25. The van der Waals surface area contributed by atoms with E-state index in [2.05, 4.69) is 62.6 Å². The lowest BCUT2D eigenvalue weighted by molar-refractivity contribution is 0.00534. The molecule has 0 spiro atoms. The molecule has 2 fully saturated rings. The molecule has 0 radical (unpaired) electrons. The van der Waals surface area contributed by atoms with Crippen LogP contribution in [0.5, 0.6) is 0 Å². The van der Waals surface area contributed by atoms with E-state index in [1.165, 1.54) is 24.2 Å². The maximum Gasteiger partial charge on any atom is 0.191 e. The third-order valence-corrected chi connectivity index (χ3v) is 6.89. The van der Waals surface area contributed by atoms with Crippen molar-refractivity contribution in [1.29, 1.82) is 0 Å². The summed E-state index contributed by atoms with van der Waals surface area (Å²) in [6.45, 7) is 6.07. The topological polar surface area (TPSA) is 48.9 Å². The van der Waals surface area contributed by atoms with Gasteiger partial charge in [-0.25, -0.2) is 0 Å². The lowest BCUT2D eigenvalue weighted by Crippen LogP contribution is -2.41. The van der Waals surface area contributed by atoms with Gasteiger partial charge in [0.1, 0.15) is 0 Å². The van der Waals surface area contributed by atoms with Crippen LogP contribution in [-0.4, -0.2) is 67.8 Å². The molecule has 1 aromatic rings. The van der Waals surface area contributed by atoms with Crippen LogP contribution < -0.4 is 10.6 Å². The first-order valence-electron chi connectivity index (χ1n) is 10.8. The molecule has 156 valence electrons. The first-order valence-corrected chi connectivity index (χ1v) is 11.8. The van der Waals surface area contributed by atoms with Gasteiger partial charge in [0.2, 0.25) is 0 Å². The van der Waals surface area contributed by atoms with Crippen LogP contribution in [0, 0.1) is 0 Å². The fourth-order valence-electron chi connectivity index (χ4n) is 3.84. The molecule has 0 aliphatic carbocycles. The standard InChI is InChI=1S/C22H36N4OS/c1-23-22(25-17-21-9-5-16-28-21)24-12-6-15-27-20-10-13-26(14-11-20)18-19-7-3-2-4-8-19/h2-4,7-8,20-21H,5-6,9-18H2,1H3,(H2,23,24,25). The van der Waals surface area contributed by atoms with Gasteiger partial charge in [-0.1, -0.05) is 30.3 Å². The summed E-state index contributed by atoms with van der Waals surface area (Å²) in [7, 11) is 1.84. The summed E-state index contributed by atoms with van der Waals surface area (Å²) in [5, 5.41) is 7.60. The Morgan fingerprint density at radius 3 is 2.71 bits per heavy atom. The molecule has 0 aromatic heterocycles. The molecular weight excluding hydrogens is 368 g/mol. The summed E-state index contributed by atoms with van der Waals surface area (Å²) in [4.78, 5) is 6.85. The highest BCUT2D eigenvalue weighted by Gasteiger charge is 2.19. The number of benzene rings is 1. The van der Waals surface area contributed by atoms with Gasteiger partial charge in [-0.15, -0.1) is 0 Å². The quantitative estimate of drug-likeness (QED) is 0.376. The normalized spacial score (nSPS) is 21.8. The van der Waals surface area contributed by atoms with Gasteiger partial charge in [-0.3, -0.25) is 9.89 Å². The maximum absolute atomic E-state index is 6.11. The van der Waals surface area contributed by atoms with Gasteiger partial charge >= 0.3 is 0 Å². The Morgan fingerprint density at radius 1 is 1.18 bits per heavy atom. The van der Waals surface area contributed by atoms with Crippen molar-refractivity contribution in [3.63, 3.8) is 0 Å². The van der Waals surface area contributed by atoms with E-state index in [1.807, 2.05) is 7.05 Å². The summed E-state index contributed by atoms with van der Waals surface area (Å²) in [5.41, 5.74) is 1.40. The number of hydrogen-bond donors (Lipinski definition) is 2. The van der Waals surface area contributed by atoms with Crippen LogP contribution in [0.3, 0.4) is 0 Å². The van der Waals surface area contributed by atoms with Gasteiger partial charge in [-0.2, -0.15) is 11.8 Å². The SMILES string of the molecule is CN=C(NCCCOC1CCN(Cc2ccccc2)CC1)NCC1CCCS1. The molecular formula is C22H36N4OS. The van der Waals surface area contributed by atoms with E-state index in [1.54, 1.807) is 0 Å². The number of hydrogen-bond acceptors (Lipinski definition) is 4. The van der Waals surface area contributed by atoms with Crippen LogP contribution in [0.15, 0.2) is 35.3 Å². The van der Waals surface area contributed by atoms with Crippen molar-refractivity contribution in [2.24, 2.45) is 4.99 Å². The zero-order valence-electron chi connectivity index (χ0n) is 17.2. The predicted octanol–water partition coefficient (Wildman–Crippen LogP) is 3.12. The van der Waals surface area contributed by atoms with E-state index in [4.69, 9.17) is 4.74 Å². The molecule has 3 rings (SSSR count). The molecule has 0 saturated carbocycles. The van der Waals surface area contributed by atoms with E-state index >= 15 is 0 Å². The van der Waals surface area contributed by atoms with Crippen molar-refractivity contribution in [3.05, 3.63) is 35.9 Å². The molecule has 2 saturated heterocycles. The lowest BCUT2D eigenvalue weighted by Gasteiger charge is -2.32. The number of piperidine rings is 1. The second-order valence-electron chi connectivity index (χ2n) is 7.70. The zero-order chi connectivity index (χ0) is 19.4. The monoisotopic (exact) mass is 404 g/mol. The summed E-state index contributed by atoms with van der Waals surface area (Å²) in [6, 6.07) is 10.8. The minimum atomic E-state index is 0.420. The van der Waals surface area contributed by atoms with E-state index in [0.717, 1.165) is 69.8 Å². The van der Waals surface area contributed by atoms with Crippen molar-refractivity contribution in [1.82, 2.24) is 15.5 Å². The largest absolute Gasteiger partial charge is 0.378 e. The average molecular weight is 405 g/mol. The Kier molecular flexibility index (Phi) is 9.47. The number of nitrogens with one attached hydrogen (secondary N) is 2. The average Bonchev–Trinajstić information content (AvgIpc) is 3.26. The first kappa shape index (κ1) is 21.5. The molecule has 2 aliphatic rings. The number of likely N-dealkylation sites (tertiary alicyclic amines) is 1.